The highest BCUT2D eigenvalue weighted by molar-refractivity contribution is 6.24. The van der Waals surface area contributed by atoms with Crippen LogP contribution in [0.2, 0.25) is 0 Å². The van der Waals surface area contributed by atoms with Gasteiger partial charge in [0.15, 0.2) is 17.5 Å². The Morgan fingerprint density at radius 3 is 1.67 bits per heavy atom. The lowest BCUT2D eigenvalue weighted by Crippen LogP contribution is -2.00. The first kappa shape index (κ1) is 27.9. The number of furan rings is 2. The molecule has 0 aliphatic heterocycles. The van der Waals surface area contributed by atoms with E-state index in [0.29, 0.717) is 17.5 Å². The standard InChI is InChI=1S/C45H26N4O2/c1-3-12-27(13-4-1)43-46-44(28-14-5-2-6-15-28)48-45(47-43)33-18-11-21-38-40(33)41-39(50-38)25-23-32-34-26-29(22-24-37(34)51-42(32)41)49-35-19-9-7-16-30(35)31-17-8-10-20-36(31)49/h1-26H. The predicted octanol–water partition coefficient (Wildman–Crippen LogP) is 11.8. The average Bonchev–Trinajstić information content (AvgIpc) is 3.87. The first-order valence-corrected chi connectivity index (χ1v) is 16.9. The Kier molecular flexibility index (Phi) is 5.86. The minimum absolute atomic E-state index is 0.567. The lowest BCUT2D eigenvalue weighted by atomic mass is 10.0. The molecule has 11 rings (SSSR count). The summed E-state index contributed by atoms with van der Waals surface area (Å²) in [5.74, 6) is 1.78. The number of hydrogen-bond acceptors (Lipinski definition) is 5. The zero-order chi connectivity index (χ0) is 33.5. The molecular weight excluding hydrogens is 629 g/mol. The minimum atomic E-state index is 0.567. The third-order valence-electron chi connectivity index (χ3n) is 9.86. The van der Waals surface area contributed by atoms with Crippen LogP contribution in [0.5, 0.6) is 0 Å². The van der Waals surface area contributed by atoms with Gasteiger partial charge in [-0.05, 0) is 48.5 Å². The SMILES string of the molecule is c1ccc(-c2nc(-c3ccccc3)nc(-c3cccc4oc5ccc6c7cc(-n8c9ccccc9c9ccccc98)ccc7oc6c5c34)n2)cc1. The van der Waals surface area contributed by atoms with E-state index in [2.05, 4.69) is 83.4 Å². The van der Waals surface area contributed by atoms with Crippen molar-refractivity contribution in [2.75, 3.05) is 0 Å². The van der Waals surface area contributed by atoms with Gasteiger partial charge in [-0.2, -0.15) is 0 Å². The number of fused-ring (bicyclic) bond motifs is 10. The monoisotopic (exact) mass is 654 g/mol. The molecule has 0 radical (unpaired) electrons. The first-order valence-electron chi connectivity index (χ1n) is 16.9. The lowest BCUT2D eigenvalue weighted by Gasteiger charge is -2.09. The van der Waals surface area contributed by atoms with Gasteiger partial charge in [0.25, 0.3) is 0 Å². The van der Waals surface area contributed by atoms with Crippen molar-refractivity contribution in [3.63, 3.8) is 0 Å². The van der Waals surface area contributed by atoms with Crippen molar-refractivity contribution in [2.24, 2.45) is 0 Å². The summed E-state index contributed by atoms with van der Waals surface area (Å²) in [6.07, 6.45) is 0. The molecular formula is C45H26N4O2. The fourth-order valence-electron chi connectivity index (χ4n) is 7.58. The molecule has 0 fully saturated rings. The van der Waals surface area contributed by atoms with Gasteiger partial charge in [-0.1, -0.05) is 109 Å². The largest absolute Gasteiger partial charge is 0.456 e. The third-order valence-corrected chi connectivity index (χ3v) is 9.86. The van der Waals surface area contributed by atoms with Crippen LogP contribution in [0.3, 0.4) is 0 Å². The summed E-state index contributed by atoms with van der Waals surface area (Å²) in [4.78, 5) is 15.0. The molecule has 4 heterocycles. The summed E-state index contributed by atoms with van der Waals surface area (Å²) < 4.78 is 15.6. The molecule has 51 heavy (non-hydrogen) atoms. The van der Waals surface area contributed by atoms with Crippen LogP contribution in [-0.2, 0) is 0 Å². The van der Waals surface area contributed by atoms with E-state index in [1.165, 1.54) is 21.8 Å². The second kappa shape index (κ2) is 10.7. The summed E-state index contributed by atoms with van der Waals surface area (Å²) in [7, 11) is 0. The topological polar surface area (TPSA) is 69.9 Å². The normalized spacial score (nSPS) is 11.9. The van der Waals surface area contributed by atoms with Crippen molar-refractivity contribution in [1.29, 1.82) is 0 Å². The molecule has 0 saturated carbocycles. The van der Waals surface area contributed by atoms with Crippen molar-refractivity contribution in [2.45, 2.75) is 0 Å². The van der Waals surface area contributed by atoms with Gasteiger partial charge in [0.05, 0.1) is 16.4 Å². The molecule has 0 spiro atoms. The number of benzene rings is 7. The molecule has 0 aliphatic rings. The molecule has 238 valence electrons. The van der Waals surface area contributed by atoms with Gasteiger partial charge in [-0.15, -0.1) is 0 Å². The van der Waals surface area contributed by atoms with Crippen LogP contribution in [0, 0.1) is 0 Å². The van der Waals surface area contributed by atoms with E-state index in [4.69, 9.17) is 23.8 Å². The molecule has 0 saturated heterocycles. The van der Waals surface area contributed by atoms with Gasteiger partial charge >= 0.3 is 0 Å². The number of para-hydroxylation sites is 2. The van der Waals surface area contributed by atoms with Crippen molar-refractivity contribution in [3.8, 4) is 39.9 Å². The maximum atomic E-state index is 6.73. The van der Waals surface area contributed by atoms with Crippen LogP contribution in [-0.4, -0.2) is 19.5 Å². The summed E-state index contributed by atoms with van der Waals surface area (Å²) in [5, 5.41) is 6.32. The number of hydrogen-bond donors (Lipinski definition) is 0. The Hall–Kier alpha value is -7.05. The molecule has 0 unspecified atom stereocenters. The quantitative estimate of drug-likeness (QED) is 0.189. The lowest BCUT2D eigenvalue weighted by molar-refractivity contribution is 0.663. The highest BCUT2D eigenvalue weighted by Gasteiger charge is 2.22. The van der Waals surface area contributed by atoms with E-state index < -0.39 is 0 Å². The van der Waals surface area contributed by atoms with E-state index in [1.807, 2.05) is 78.9 Å². The Morgan fingerprint density at radius 2 is 0.980 bits per heavy atom. The molecule has 0 amide bonds. The minimum Gasteiger partial charge on any atom is -0.456 e. The number of aromatic nitrogens is 4. The summed E-state index contributed by atoms with van der Waals surface area (Å²) >= 11 is 0. The molecule has 4 aromatic heterocycles. The molecule has 6 heteroatoms. The summed E-state index contributed by atoms with van der Waals surface area (Å²) in [6, 6.07) is 53.8. The second-order valence-corrected chi connectivity index (χ2v) is 12.8. The van der Waals surface area contributed by atoms with Gasteiger partial charge in [-0.3, -0.25) is 0 Å². The second-order valence-electron chi connectivity index (χ2n) is 12.8. The third kappa shape index (κ3) is 4.20. The summed E-state index contributed by atoms with van der Waals surface area (Å²) in [6.45, 7) is 0. The van der Waals surface area contributed by atoms with Crippen LogP contribution < -0.4 is 0 Å². The van der Waals surface area contributed by atoms with Crippen molar-refractivity contribution < 1.29 is 8.83 Å². The smallest absolute Gasteiger partial charge is 0.164 e. The van der Waals surface area contributed by atoms with Gasteiger partial charge in [0.1, 0.15) is 22.3 Å². The Labute approximate surface area is 290 Å². The zero-order valence-electron chi connectivity index (χ0n) is 27.1. The fraction of sp³-hybridized carbons (Fsp3) is 0. The van der Waals surface area contributed by atoms with Gasteiger partial charge < -0.3 is 13.4 Å². The number of nitrogens with zero attached hydrogens (tertiary/aromatic N) is 4. The molecule has 0 aliphatic carbocycles. The van der Waals surface area contributed by atoms with Gasteiger partial charge in [-0.25, -0.2) is 15.0 Å². The highest BCUT2D eigenvalue weighted by Crippen LogP contribution is 2.43. The maximum absolute atomic E-state index is 6.73. The van der Waals surface area contributed by atoms with E-state index in [1.54, 1.807) is 0 Å². The molecule has 11 aromatic rings. The van der Waals surface area contributed by atoms with Crippen molar-refractivity contribution in [1.82, 2.24) is 19.5 Å². The first-order chi connectivity index (χ1) is 25.3. The molecule has 0 bridgehead atoms. The Balaban J connectivity index is 1.16. The van der Waals surface area contributed by atoms with Crippen molar-refractivity contribution in [3.05, 3.63) is 158 Å². The van der Waals surface area contributed by atoms with E-state index in [0.717, 1.165) is 66.3 Å². The number of rotatable bonds is 4. The van der Waals surface area contributed by atoms with Gasteiger partial charge in [0, 0.05) is 49.3 Å². The molecule has 0 atom stereocenters. The van der Waals surface area contributed by atoms with Crippen LogP contribution in [0.25, 0.3) is 106 Å². The molecule has 7 aromatic carbocycles. The van der Waals surface area contributed by atoms with Crippen LogP contribution in [0.4, 0.5) is 0 Å². The van der Waals surface area contributed by atoms with Crippen LogP contribution >= 0.6 is 0 Å². The maximum Gasteiger partial charge on any atom is 0.164 e. The molecule has 0 N–H and O–H groups in total. The molecule has 6 nitrogen and oxygen atoms in total. The predicted molar refractivity (Wildman–Crippen MR) is 205 cm³/mol. The zero-order valence-corrected chi connectivity index (χ0v) is 27.1. The van der Waals surface area contributed by atoms with E-state index >= 15 is 0 Å². The Morgan fingerprint density at radius 1 is 0.392 bits per heavy atom. The van der Waals surface area contributed by atoms with E-state index in [-0.39, 0.29) is 0 Å². The Bertz CT molecular complexity index is 3030. The fourth-order valence-corrected chi connectivity index (χ4v) is 7.58. The average molecular weight is 655 g/mol. The highest BCUT2D eigenvalue weighted by atomic mass is 16.3. The van der Waals surface area contributed by atoms with Crippen molar-refractivity contribution >= 4 is 65.7 Å². The van der Waals surface area contributed by atoms with Crippen LogP contribution in [0.1, 0.15) is 0 Å². The summed E-state index contributed by atoms with van der Waals surface area (Å²) in [5.41, 5.74) is 9.16. The van der Waals surface area contributed by atoms with Crippen LogP contribution in [0.15, 0.2) is 167 Å². The van der Waals surface area contributed by atoms with Gasteiger partial charge in [0.2, 0.25) is 0 Å². The van der Waals surface area contributed by atoms with E-state index in [9.17, 15) is 0 Å².